The maximum atomic E-state index is 12.3. The molecule has 2 N–H and O–H groups in total. The Morgan fingerprint density at radius 2 is 1.97 bits per heavy atom. The second-order valence-corrected chi connectivity index (χ2v) is 7.80. The summed E-state index contributed by atoms with van der Waals surface area (Å²) in [7, 11) is 0. The van der Waals surface area contributed by atoms with Crippen LogP contribution < -0.4 is 11.0 Å². The molecular weight excluding hydrogens is 402 g/mol. The molecule has 1 aromatic heterocycles. The zero-order valence-electron chi connectivity index (χ0n) is 17.8. The van der Waals surface area contributed by atoms with Crippen molar-refractivity contribution in [2.75, 3.05) is 5.43 Å². The lowest BCUT2D eigenvalue weighted by Crippen LogP contribution is -2.16. The molecule has 1 fully saturated rings. The molecule has 0 saturated heterocycles. The molecule has 3 aromatic rings. The van der Waals surface area contributed by atoms with Gasteiger partial charge in [0.15, 0.2) is 0 Å². The Kier molecular flexibility index (Phi) is 7.05. The maximum Gasteiger partial charge on any atom is 0.270 e. The Morgan fingerprint density at radius 3 is 2.75 bits per heavy atom. The number of aromatic nitrogens is 2. The minimum Gasteiger partial charge on any atom is -0.374 e. The van der Waals surface area contributed by atoms with Gasteiger partial charge < -0.3 is 4.74 Å². The zero-order chi connectivity index (χ0) is 22.2. The Bertz CT molecular complexity index is 1170. The summed E-state index contributed by atoms with van der Waals surface area (Å²) in [5, 5.41) is 13.6. The second-order valence-electron chi connectivity index (χ2n) is 7.80. The lowest BCUT2D eigenvalue weighted by Gasteiger charge is -2.22. The van der Waals surface area contributed by atoms with E-state index >= 15 is 0 Å². The van der Waals surface area contributed by atoms with Gasteiger partial charge >= 0.3 is 0 Å². The summed E-state index contributed by atoms with van der Waals surface area (Å²) in [6.45, 7) is 0.588. The fourth-order valence-electron chi connectivity index (χ4n) is 3.81. The van der Waals surface area contributed by atoms with Gasteiger partial charge in [0.2, 0.25) is 5.95 Å². The third kappa shape index (κ3) is 5.48. The molecule has 0 amide bonds. The number of benzene rings is 2. The highest BCUT2D eigenvalue weighted by atomic mass is 16.5. The number of hydrazone groups is 1. The van der Waals surface area contributed by atoms with Crippen molar-refractivity contribution in [3.8, 4) is 17.3 Å². The van der Waals surface area contributed by atoms with Crippen LogP contribution in [0.5, 0.6) is 0 Å². The van der Waals surface area contributed by atoms with E-state index in [1.165, 1.54) is 19.3 Å². The van der Waals surface area contributed by atoms with Crippen LogP contribution in [0.25, 0.3) is 11.3 Å². The number of hydrogen-bond acceptors (Lipinski definition) is 6. The predicted octanol–water partition coefficient (Wildman–Crippen LogP) is 4.60. The molecule has 4 rings (SSSR count). The molecule has 32 heavy (non-hydrogen) atoms. The van der Waals surface area contributed by atoms with Crippen LogP contribution in [-0.4, -0.2) is 22.3 Å². The number of H-pyrrole nitrogens is 1. The van der Waals surface area contributed by atoms with Crippen LogP contribution in [0.15, 0.2) is 64.5 Å². The van der Waals surface area contributed by atoms with Crippen molar-refractivity contribution >= 4 is 12.2 Å². The number of hydrogen-bond donors (Lipinski definition) is 2. The predicted molar refractivity (Wildman–Crippen MR) is 124 cm³/mol. The number of ether oxygens (including phenoxy) is 1. The molecule has 162 valence electrons. The average Bonchev–Trinajstić information content (AvgIpc) is 2.84. The van der Waals surface area contributed by atoms with Gasteiger partial charge in [-0.3, -0.25) is 9.78 Å². The van der Waals surface area contributed by atoms with Gasteiger partial charge in [-0.05, 0) is 30.0 Å². The third-order valence-corrected chi connectivity index (χ3v) is 5.45. The summed E-state index contributed by atoms with van der Waals surface area (Å²) in [6.07, 6.45) is 8.12. The number of anilines is 1. The topological polar surface area (TPSA) is 103 Å². The fraction of sp³-hybridized carbons (Fsp3) is 0.280. The van der Waals surface area contributed by atoms with Crippen LogP contribution in [0.1, 0.15) is 48.8 Å². The monoisotopic (exact) mass is 427 g/mol. The normalized spacial score (nSPS) is 14.3. The van der Waals surface area contributed by atoms with Gasteiger partial charge in [0.1, 0.15) is 11.6 Å². The molecule has 1 aliphatic rings. The van der Waals surface area contributed by atoms with Crippen LogP contribution in [-0.2, 0) is 11.3 Å². The molecule has 1 aliphatic carbocycles. The van der Waals surface area contributed by atoms with Crippen molar-refractivity contribution in [3.05, 3.63) is 81.6 Å². The lowest BCUT2D eigenvalue weighted by molar-refractivity contribution is 0.0169. The first-order chi connectivity index (χ1) is 15.7. The molecule has 7 nitrogen and oxygen atoms in total. The molecule has 0 atom stereocenters. The molecule has 0 bridgehead atoms. The smallest absolute Gasteiger partial charge is 0.270 e. The summed E-state index contributed by atoms with van der Waals surface area (Å²) < 4.78 is 6.05. The van der Waals surface area contributed by atoms with E-state index in [-0.39, 0.29) is 11.5 Å². The Labute approximate surface area is 186 Å². The standard InChI is InChI=1S/C25H25N5O2/c26-15-22-23(20-10-3-1-4-11-20)28-25(29-24(22)31)30-27-16-18-8-7-9-19(14-18)17-32-21-12-5-2-6-13-21/h1,3-4,7-11,14,16,21H,2,5-6,12-13,17H2,(H2,28,29,30,31). The van der Waals surface area contributed by atoms with Crippen LogP contribution in [0, 0.1) is 11.3 Å². The summed E-state index contributed by atoms with van der Waals surface area (Å²) in [5.41, 5.74) is 5.22. The van der Waals surface area contributed by atoms with E-state index in [0.29, 0.717) is 24.0 Å². The first-order valence-electron chi connectivity index (χ1n) is 10.8. The summed E-state index contributed by atoms with van der Waals surface area (Å²) in [5.74, 6) is 0.167. The van der Waals surface area contributed by atoms with Gasteiger partial charge in [0.05, 0.1) is 24.6 Å². The molecular formula is C25H25N5O2. The molecule has 0 unspecified atom stereocenters. The van der Waals surface area contributed by atoms with E-state index in [9.17, 15) is 10.1 Å². The highest BCUT2D eigenvalue weighted by Crippen LogP contribution is 2.22. The van der Waals surface area contributed by atoms with Crippen molar-refractivity contribution in [2.45, 2.75) is 44.8 Å². The highest BCUT2D eigenvalue weighted by Gasteiger charge is 2.14. The van der Waals surface area contributed by atoms with E-state index in [1.54, 1.807) is 18.3 Å². The fourth-order valence-corrected chi connectivity index (χ4v) is 3.81. The van der Waals surface area contributed by atoms with Crippen LogP contribution in [0.3, 0.4) is 0 Å². The SMILES string of the molecule is N#Cc1c(-c2ccccc2)nc(NN=Cc2cccc(COC3CCCCC3)c2)[nH]c1=O. The Morgan fingerprint density at radius 1 is 1.16 bits per heavy atom. The van der Waals surface area contributed by atoms with Gasteiger partial charge in [0, 0.05) is 5.56 Å². The first-order valence-corrected chi connectivity index (χ1v) is 10.8. The summed E-state index contributed by atoms with van der Waals surface area (Å²) in [4.78, 5) is 19.3. The molecule has 0 radical (unpaired) electrons. The van der Waals surface area contributed by atoms with Crippen LogP contribution in [0.4, 0.5) is 5.95 Å². The zero-order valence-corrected chi connectivity index (χ0v) is 17.8. The van der Waals surface area contributed by atoms with Gasteiger partial charge in [-0.1, -0.05) is 67.8 Å². The number of aromatic amines is 1. The minimum atomic E-state index is -0.513. The van der Waals surface area contributed by atoms with Gasteiger partial charge in [-0.25, -0.2) is 10.4 Å². The quantitative estimate of drug-likeness (QED) is 0.424. The van der Waals surface area contributed by atoms with Gasteiger partial charge in [-0.15, -0.1) is 0 Å². The highest BCUT2D eigenvalue weighted by molar-refractivity contribution is 5.80. The van der Waals surface area contributed by atoms with Crippen LogP contribution >= 0.6 is 0 Å². The van der Waals surface area contributed by atoms with Crippen molar-refractivity contribution in [3.63, 3.8) is 0 Å². The third-order valence-electron chi connectivity index (χ3n) is 5.45. The number of nitrogens with one attached hydrogen (secondary N) is 2. The number of nitriles is 1. The Hall–Kier alpha value is -3.76. The molecule has 1 heterocycles. The Balaban J connectivity index is 1.44. The van der Waals surface area contributed by atoms with Gasteiger partial charge in [-0.2, -0.15) is 10.4 Å². The van der Waals surface area contributed by atoms with Crippen LogP contribution in [0.2, 0.25) is 0 Å². The molecule has 1 saturated carbocycles. The molecule has 7 heteroatoms. The minimum absolute atomic E-state index is 0.0311. The van der Waals surface area contributed by atoms with E-state index in [1.807, 2.05) is 48.5 Å². The number of nitrogens with zero attached hydrogens (tertiary/aromatic N) is 3. The average molecular weight is 428 g/mol. The summed E-state index contributed by atoms with van der Waals surface area (Å²) >= 11 is 0. The maximum absolute atomic E-state index is 12.3. The van der Waals surface area contributed by atoms with Crippen molar-refractivity contribution in [1.82, 2.24) is 9.97 Å². The summed E-state index contributed by atoms with van der Waals surface area (Å²) in [6, 6.07) is 19.0. The van der Waals surface area contributed by atoms with Crippen molar-refractivity contribution in [2.24, 2.45) is 5.10 Å². The first kappa shape index (κ1) is 21.5. The largest absolute Gasteiger partial charge is 0.374 e. The van der Waals surface area contributed by atoms with Crippen molar-refractivity contribution < 1.29 is 4.74 Å². The number of rotatable bonds is 7. The van der Waals surface area contributed by atoms with E-state index in [0.717, 1.165) is 24.0 Å². The van der Waals surface area contributed by atoms with E-state index < -0.39 is 5.56 Å². The van der Waals surface area contributed by atoms with E-state index in [2.05, 4.69) is 20.5 Å². The van der Waals surface area contributed by atoms with E-state index in [4.69, 9.17) is 4.74 Å². The van der Waals surface area contributed by atoms with Crippen molar-refractivity contribution in [1.29, 1.82) is 5.26 Å². The van der Waals surface area contributed by atoms with Gasteiger partial charge in [0.25, 0.3) is 5.56 Å². The second kappa shape index (κ2) is 10.5. The molecule has 2 aromatic carbocycles. The lowest BCUT2D eigenvalue weighted by atomic mass is 9.98. The molecule has 0 spiro atoms. The molecule has 0 aliphatic heterocycles.